The summed E-state index contributed by atoms with van der Waals surface area (Å²) in [7, 11) is 0. The second kappa shape index (κ2) is 8.06. The molecule has 1 amide bonds. The Hall–Kier alpha value is -4.44. The molecule has 5 heterocycles. The number of anilines is 1. The molecule has 0 radical (unpaired) electrons. The lowest BCUT2D eigenvalue weighted by molar-refractivity contribution is -0.117. The Kier molecular flexibility index (Phi) is 4.68. The highest BCUT2D eigenvalue weighted by Crippen LogP contribution is 2.35. The molecule has 176 valence electrons. The third kappa shape index (κ3) is 3.62. The summed E-state index contributed by atoms with van der Waals surface area (Å²) < 4.78 is 13.7. The fraction of sp³-hybridized carbons (Fsp3) is 0.115. The van der Waals surface area contributed by atoms with Gasteiger partial charge < -0.3 is 10.3 Å². The van der Waals surface area contributed by atoms with Crippen LogP contribution in [0.3, 0.4) is 0 Å². The molecule has 10 heteroatoms. The van der Waals surface area contributed by atoms with Crippen LogP contribution in [0.1, 0.15) is 12.8 Å². The average Bonchev–Trinajstić information content (AvgIpc) is 3.30. The number of carbonyl (C=O) groups is 1. The predicted octanol–water partition coefficient (Wildman–Crippen LogP) is 5.78. The monoisotopic (exact) mass is 495 g/mol. The molecule has 6 aromatic rings. The molecule has 0 spiro atoms. The molecule has 0 saturated heterocycles. The molecule has 1 fully saturated rings. The number of aromatic amines is 2. The van der Waals surface area contributed by atoms with Gasteiger partial charge in [0.05, 0.1) is 28.3 Å². The van der Waals surface area contributed by atoms with Crippen molar-refractivity contribution in [2.24, 2.45) is 5.92 Å². The van der Waals surface area contributed by atoms with E-state index in [1.54, 1.807) is 24.7 Å². The van der Waals surface area contributed by atoms with Crippen LogP contribution in [0.5, 0.6) is 0 Å². The highest BCUT2D eigenvalue weighted by molar-refractivity contribution is 7.14. The van der Waals surface area contributed by atoms with Crippen LogP contribution < -0.4 is 5.32 Å². The zero-order chi connectivity index (χ0) is 24.2. The molecule has 0 bridgehead atoms. The number of thiophene rings is 1. The summed E-state index contributed by atoms with van der Waals surface area (Å²) in [5.74, 6) is 0.737. The molecule has 0 atom stereocenters. The molecule has 5 aromatic heterocycles. The van der Waals surface area contributed by atoms with Crippen molar-refractivity contribution >= 4 is 45.0 Å². The van der Waals surface area contributed by atoms with E-state index in [1.807, 2.05) is 30.3 Å². The number of fused-ring (bicyclic) bond motifs is 2. The van der Waals surface area contributed by atoms with E-state index in [-0.39, 0.29) is 17.0 Å². The van der Waals surface area contributed by atoms with Crippen LogP contribution in [0.4, 0.5) is 10.1 Å². The number of H-pyrrole nitrogens is 2. The summed E-state index contributed by atoms with van der Waals surface area (Å²) in [6.45, 7) is 0. The van der Waals surface area contributed by atoms with Crippen LogP contribution in [0, 0.1) is 11.0 Å². The van der Waals surface area contributed by atoms with Gasteiger partial charge in [0, 0.05) is 39.9 Å². The lowest BCUT2D eigenvalue weighted by atomic mass is 10.1. The number of nitrogens with one attached hydrogen (secondary N) is 3. The van der Waals surface area contributed by atoms with E-state index in [0.717, 1.165) is 62.2 Å². The summed E-state index contributed by atoms with van der Waals surface area (Å²) >= 11 is 1.09. The number of pyridine rings is 2. The minimum Gasteiger partial charge on any atom is -0.337 e. The number of amides is 1. The normalized spacial score (nSPS) is 13.5. The third-order valence-electron chi connectivity index (χ3n) is 6.28. The topological polar surface area (TPSA) is 112 Å². The zero-order valence-corrected chi connectivity index (χ0v) is 19.6. The molecule has 36 heavy (non-hydrogen) atoms. The molecule has 1 aliphatic carbocycles. The van der Waals surface area contributed by atoms with Crippen LogP contribution >= 0.6 is 11.3 Å². The number of benzene rings is 1. The Morgan fingerprint density at radius 3 is 2.81 bits per heavy atom. The Balaban J connectivity index is 1.28. The Morgan fingerprint density at radius 1 is 1.08 bits per heavy atom. The minimum atomic E-state index is -0.236. The number of carbonyl (C=O) groups excluding carboxylic acids is 1. The van der Waals surface area contributed by atoms with Gasteiger partial charge >= 0.3 is 0 Å². The molecule has 0 aliphatic heterocycles. The second-order valence-corrected chi connectivity index (χ2v) is 9.84. The molecular weight excluding hydrogens is 477 g/mol. The van der Waals surface area contributed by atoms with Gasteiger partial charge in [0.25, 0.3) is 0 Å². The van der Waals surface area contributed by atoms with Crippen LogP contribution in [0.25, 0.3) is 55.2 Å². The highest BCUT2D eigenvalue weighted by atomic mass is 32.1. The van der Waals surface area contributed by atoms with Crippen molar-refractivity contribution in [2.45, 2.75) is 12.8 Å². The quantitative estimate of drug-likeness (QED) is 0.281. The van der Waals surface area contributed by atoms with Gasteiger partial charge in [-0.15, -0.1) is 11.3 Å². The first-order valence-electron chi connectivity index (χ1n) is 11.5. The average molecular weight is 496 g/mol. The molecule has 1 aliphatic rings. The van der Waals surface area contributed by atoms with Crippen LogP contribution in [-0.4, -0.2) is 36.0 Å². The van der Waals surface area contributed by atoms with Gasteiger partial charge in [-0.3, -0.25) is 14.9 Å². The van der Waals surface area contributed by atoms with E-state index in [4.69, 9.17) is 4.98 Å². The Labute approximate surface area is 207 Å². The molecular formula is C26H18FN7OS. The number of aromatic nitrogens is 6. The number of rotatable bonds is 5. The Morgan fingerprint density at radius 2 is 1.97 bits per heavy atom. The van der Waals surface area contributed by atoms with Crippen molar-refractivity contribution < 1.29 is 9.18 Å². The van der Waals surface area contributed by atoms with Crippen molar-refractivity contribution in [3.8, 4) is 33.1 Å². The smallest absolute Gasteiger partial charge is 0.227 e. The number of nitrogens with zero attached hydrogens (tertiary/aromatic N) is 4. The standard InChI is InChI=1S/C26H18FN7OS/c27-21-7-6-20(36-21)17-2-1-3-19-22(17)32-25(31-19)23-18-9-15(11-29-24(18)34-33-23)14-8-16(12-28-10-14)30-26(35)13-4-5-13/h1-3,6-13H,4-5H2,(H,30,35)(H,31,32)(H,29,33,34). The molecule has 1 aromatic carbocycles. The third-order valence-corrected chi connectivity index (χ3v) is 7.19. The summed E-state index contributed by atoms with van der Waals surface area (Å²) in [6.07, 6.45) is 7.01. The van der Waals surface area contributed by atoms with Crippen molar-refractivity contribution in [1.82, 2.24) is 30.1 Å². The maximum absolute atomic E-state index is 13.7. The van der Waals surface area contributed by atoms with Gasteiger partial charge in [-0.25, -0.2) is 9.97 Å². The minimum absolute atomic E-state index is 0.0363. The van der Waals surface area contributed by atoms with Gasteiger partial charge in [0.2, 0.25) is 5.91 Å². The van der Waals surface area contributed by atoms with Crippen LogP contribution in [0.15, 0.2) is 61.1 Å². The number of imidazole rings is 1. The van der Waals surface area contributed by atoms with E-state index in [2.05, 4.69) is 30.5 Å². The van der Waals surface area contributed by atoms with Crippen molar-refractivity contribution in [3.05, 3.63) is 66.2 Å². The summed E-state index contributed by atoms with van der Waals surface area (Å²) in [4.78, 5) is 30.0. The van der Waals surface area contributed by atoms with Gasteiger partial charge in [-0.1, -0.05) is 12.1 Å². The second-order valence-electron chi connectivity index (χ2n) is 8.81. The van der Waals surface area contributed by atoms with E-state index in [0.29, 0.717) is 22.9 Å². The first-order chi connectivity index (χ1) is 17.6. The first-order valence-corrected chi connectivity index (χ1v) is 12.3. The fourth-order valence-electron chi connectivity index (χ4n) is 4.30. The summed E-state index contributed by atoms with van der Waals surface area (Å²) in [5, 5.41) is 10.9. The summed E-state index contributed by atoms with van der Waals surface area (Å²) in [5.41, 5.74) is 6.02. The number of hydrogen-bond donors (Lipinski definition) is 3. The molecule has 3 N–H and O–H groups in total. The number of para-hydroxylation sites is 1. The van der Waals surface area contributed by atoms with Crippen LogP contribution in [-0.2, 0) is 4.79 Å². The maximum atomic E-state index is 13.7. The lowest BCUT2D eigenvalue weighted by Crippen LogP contribution is -2.13. The fourth-order valence-corrected chi connectivity index (χ4v) is 5.06. The maximum Gasteiger partial charge on any atom is 0.227 e. The highest BCUT2D eigenvalue weighted by Gasteiger charge is 2.29. The van der Waals surface area contributed by atoms with E-state index < -0.39 is 0 Å². The SMILES string of the molecule is O=C(Nc1cncc(-c2cnc3[nH]nc(-c4nc5c(-c6ccc(F)s6)cccc5[nH]4)c3c2)c1)C1CC1. The Bertz CT molecular complexity index is 1780. The lowest BCUT2D eigenvalue weighted by Gasteiger charge is -2.06. The zero-order valence-electron chi connectivity index (χ0n) is 18.7. The predicted molar refractivity (Wildman–Crippen MR) is 137 cm³/mol. The molecule has 1 saturated carbocycles. The van der Waals surface area contributed by atoms with E-state index in [9.17, 15) is 9.18 Å². The van der Waals surface area contributed by atoms with Crippen molar-refractivity contribution in [2.75, 3.05) is 5.32 Å². The number of hydrogen-bond acceptors (Lipinski definition) is 6. The van der Waals surface area contributed by atoms with Gasteiger partial charge in [-0.05, 0) is 43.2 Å². The van der Waals surface area contributed by atoms with Crippen LogP contribution in [0.2, 0.25) is 0 Å². The van der Waals surface area contributed by atoms with E-state index >= 15 is 0 Å². The molecule has 7 rings (SSSR count). The summed E-state index contributed by atoms with van der Waals surface area (Å²) in [6, 6.07) is 12.9. The molecule has 8 nitrogen and oxygen atoms in total. The largest absolute Gasteiger partial charge is 0.337 e. The first kappa shape index (κ1) is 20.9. The van der Waals surface area contributed by atoms with Gasteiger partial charge in [0.1, 0.15) is 5.69 Å². The van der Waals surface area contributed by atoms with Gasteiger partial charge in [0.15, 0.2) is 16.6 Å². The molecule has 0 unspecified atom stereocenters. The van der Waals surface area contributed by atoms with Crippen molar-refractivity contribution in [1.29, 1.82) is 0 Å². The van der Waals surface area contributed by atoms with E-state index in [1.165, 1.54) is 6.07 Å². The number of halogens is 1. The van der Waals surface area contributed by atoms with Gasteiger partial charge in [-0.2, -0.15) is 9.49 Å². The van der Waals surface area contributed by atoms with Crippen molar-refractivity contribution in [3.63, 3.8) is 0 Å².